The summed E-state index contributed by atoms with van der Waals surface area (Å²) in [7, 11) is -4.27. The molecule has 0 aromatic heterocycles. The van der Waals surface area contributed by atoms with E-state index >= 15 is 0 Å². The summed E-state index contributed by atoms with van der Waals surface area (Å²) in [5.41, 5.74) is 3.21. The molecule has 0 spiro atoms. The molecule has 0 unspecified atom stereocenters. The molecule has 1 aliphatic rings. The molecule has 0 saturated heterocycles. The maximum Gasteiger partial charge on any atom is 0.264 e. The fourth-order valence-electron chi connectivity index (χ4n) is 2.74. The third kappa shape index (κ3) is 4.94. The highest BCUT2D eigenvalue weighted by Gasteiger charge is 2.54. The van der Waals surface area contributed by atoms with E-state index in [1.807, 2.05) is 29.5 Å². The summed E-state index contributed by atoms with van der Waals surface area (Å²) in [6.07, 6.45) is -1.47. The van der Waals surface area contributed by atoms with Crippen molar-refractivity contribution in [3.63, 3.8) is 0 Å². The monoisotopic (exact) mass is 536 g/mol. The zero-order valence-electron chi connectivity index (χ0n) is 15.4. The number of hydrogen-bond donors (Lipinski definition) is 5. The van der Waals surface area contributed by atoms with Gasteiger partial charge in [0.2, 0.25) is 5.60 Å². The van der Waals surface area contributed by atoms with Crippen molar-refractivity contribution in [1.29, 1.82) is 0 Å². The maximum absolute atomic E-state index is 11.9. The van der Waals surface area contributed by atoms with Gasteiger partial charge >= 0.3 is 0 Å². The lowest BCUT2D eigenvalue weighted by Gasteiger charge is -2.28. The topological polar surface area (TPSA) is 175 Å². The minimum absolute atomic E-state index is 0.178. The number of aryl methyl sites for hydroxylation is 1. The van der Waals surface area contributed by atoms with E-state index in [0.29, 0.717) is 11.3 Å². The van der Waals surface area contributed by atoms with Crippen LogP contribution in [0, 0.1) is 10.5 Å². The molecule has 1 aliphatic heterocycles. The first-order valence-electron chi connectivity index (χ1n) is 8.40. The number of nitrogens with one attached hydrogen (secondary N) is 1. The first-order valence-corrected chi connectivity index (χ1v) is 10.9. The number of fused-ring (bicyclic) bond motifs is 1. The van der Waals surface area contributed by atoms with Crippen molar-refractivity contribution in [2.24, 2.45) is 0 Å². The Bertz CT molecular complexity index is 998. The second-order valence-electron chi connectivity index (χ2n) is 6.54. The van der Waals surface area contributed by atoms with E-state index in [-0.39, 0.29) is 4.90 Å². The molecule has 29 heavy (non-hydrogen) atoms. The molecule has 3 atom stereocenters. The molecule has 9 nitrogen and oxygen atoms in total. The van der Waals surface area contributed by atoms with E-state index in [1.165, 1.54) is 12.1 Å². The Morgan fingerprint density at radius 3 is 2.34 bits per heavy atom. The van der Waals surface area contributed by atoms with Gasteiger partial charge in [-0.3, -0.25) is 4.79 Å². The molecule has 11 heteroatoms. The number of para-hydroxylation sites is 1. The average Bonchev–Trinajstić information content (AvgIpc) is 2.94. The number of benzene rings is 2. The highest BCUT2D eigenvalue weighted by Crippen LogP contribution is 2.41. The lowest BCUT2D eigenvalue weighted by Crippen LogP contribution is -2.72. The number of carbonyl (C=O) groups excluding carboxylic acids is 1. The molecule has 158 valence electrons. The molecule has 2 aromatic carbocycles. The van der Waals surface area contributed by atoms with Gasteiger partial charge in [-0.1, -0.05) is 29.8 Å². The predicted octanol–water partition coefficient (Wildman–Crippen LogP) is -0.706. The molecule has 7 N–H and O–H groups in total. The molecule has 0 aliphatic carbocycles. The van der Waals surface area contributed by atoms with E-state index < -0.39 is 40.4 Å². The Hall–Kier alpha value is -1.61. The van der Waals surface area contributed by atoms with Crippen molar-refractivity contribution in [3.05, 3.63) is 57.2 Å². The van der Waals surface area contributed by atoms with Crippen LogP contribution >= 0.6 is 22.6 Å². The summed E-state index contributed by atoms with van der Waals surface area (Å²) in [6, 6.07) is 9.97. The molecule has 1 amide bonds. The standard InChI is InChI=1S/C11H13IN2O4.C7H8O3S/c12-6-3-1-2-5-8(6)14-10(17)11(5,18)9(16)7(13)4-15;1-6-2-4-7(5-3-6)11(8,9)10/h1-3,7,9,15-16,18H,4,13H2,(H,14,17);2-5H,1H3,(H,8,9,10)/t7-,9-,11+;/m1./s1. The normalized spacial score (nSPS) is 20.2. The van der Waals surface area contributed by atoms with Gasteiger partial charge in [-0.25, -0.2) is 8.42 Å². The van der Waals surface area contributed by atoms with Crippen LogP contribution in [0.25, 0.3) is 0 Å². The minimum Gasteiger partial charge on any atom is -0.744 e. The zero-order chi connectivity index (χ0) is 22.0. The number of hydrogen-bond acceptors (Lipinski definition) is 7. The van der Waals surface area contributed by atoms with Crippen LogP contribution in [-0.2, 0) is 20.5 Å². The van der Waals surface area contributed by atoms with Crippen molar-refractivity contribution >= 4 is 44.3 Å². The molecule has 0 fully saturated rings. The van der Waals surface area contributed by atoms with Gasteiger partial charge in [-0.15, -0.1) is 0 Å². The van der Waals surface area contributed by atoms with Crippen LogP contribution in [0.5, 0.6) is 0 Å². The van der Waals surface area contributed by atoms with Gasteiger partial charge in [0.15, 0.2) is 0 Å². The molecule has 3 rings (SSSR count). The SMILES string of the molecule is Cc1ccc(S(=O)(=O)[O-])cc1.[NH3+][C@H](CO)[C@@H](O)[C@]1(O)C(=O)Nc2c(I)cccc21. The summed E-state index contributed by atoms with van der Waals surface area (Å²) in [4.78, 5) is 11.8. The summed E-state index contributed by atoms with van der Waals surface area (Å²) in [6.45, 7) is 1.40. The van der Waals surface area contributed by atoms with Crippen LogP contribution in [0.2, 0.25) is 0 Å². The number of amides is 1. The Kier molecular flexibility index (Phi) is 7.37. The largest absolute Gasteiger partial charge is 0.744 e. The molecular formula is C18H21IN2O7S. The van der Waals surface area contributed by atoms with Crippen LogP contribution < -0.4 is 11.1 Å². The first-order chi connectivity index (χ1) is 13.4. The van der Waals surface area contributed by atoms with E-state index in [2.05, 4.69) is 11.1 Å². The Balaban J connectivity index is 0.000000234. The van der Waals surface area contributed by atoms with Crippen molar-refractivity contribution in [3.8, 4) is 0 Å². The lowest BCUT2D eigenvalue weighted by molar-refractivity contribution is -0.450. The van der Waals surface area contributed by atoms with Crippen LogP contribution in [0.3, 0.4) is 0 Å². The third-order valence-electron chi connectivity index (χ3n) is 4.43. The summed E-state index contributed by atoms with van der Waals surface area (Å²) in [5, 5.41) is 32.1. The average molecular weight is 536 g/mol. The predicted molar refractivity (Wildman–Crippen MR) is 111 cm³/mol. The smallest absolute Gasteiger partial charge is 0.264 e. The Labute approximate surface area is 181 Å². The summed E-state index contributed by atoms with van der Waals surface area (Å²) < 4.78 is 31.9. The highest BCUT2D eigenvalue weighted by molar-refractivity contribution is 14.1. The first kappa shape index (κ1) is 23.7. The van der Waals surface area contributed by atoms with Crippen molar-refractivity contribution in [1.82, 2.24) is 0 Å². The quantitative estimate of drug-likeness (QED) is 0.254. The van der Waals surface area contributed by atoms with Gasteiger partial charge in [0, 0.05) is 9.13 Å². The number of quaternary nitrogens is 1. The Morgan fingerprint density at radius 1 is 1.24 bits per heavy atom. The van der Waals surface area contributed by atoms with Crippen LogP contribution in [0.1, 0.15) is 11.1 Å². The van der Waals surface area contributed by atoms with E-state index in [9.17, 15) is 28.0 Å². The second kappa shape index (κ2) is 9.04. The van der Waals surface area contributed by atoms with Gasteiger partial charge < -0.3 is 30.9 Å². The fourth-order valence-corrected chi connectivity index (χ4v) is 3.84. The van der Waals surface area contributed by atoms with Crippen molar-refractivity contribution in [2.75, 3.05) is 11.9 Å². The maximum atomic E-state index is 11.9. The molecule has 0 saturated carbocycles. The zero-order valence-corrected chi connectivity index (χ0v) is 18.3. The van der Waals surface area contributed by atoms with E-state index in [0.717, 1.165) is 9.13 Å². The third-order valence-corrected chi connectivity index (χ3v) is 6.18. The highest BCUT2D eigenvalue weighted by atomic mass is 127. The van der Waals surface area contributed by atoms with E-state index in [1.54, 1.807) is 30.3 Å². The van der Waals surface area contributed by atoms with Gasteiger partial charge in [-0.05, 0) is 47.7 Å². The fraction of sp³-hybridized carbons (Fsp3) is 0.278. The van der Waals surface area contributed by atoms with Crippen molar-refractivity contribution in [2.45, 2.75) is 29.6 Å². The van der Waals surface area contributed by atoms with Gasteiger partial charge in [-0.2, -0.15) is 0 Å². The molecule has 2 aromatic rings. The number of rotatable bonds is 4. The summed E-state index contributed by atoms with van der Waals surface area (Å²) >= 11 is 2.03. The van der Waals surface area contributed by atoms with Crippen LogP contribution in [0.4, 0.5) is 5.69 Å². The molecule has 0 radical (unpaired) electrons. The number of carbonyl (C=O) groups is 1. The van der Waals surface area contributed by atoms with Gasteiger partial charge in [0.1, 0.15) is 22.3 Å². The van der Waals surface area contributed by atoms with Gasteiger partial charge in [0.25, 0.3) is 5.91 Å². The van der Waals surface area contributed by atoms with E-state index in [4.69, 9.17) is 5.11 Å². The number of anilines is 1. The van der Waals surface area contributed by atoms with Crippen LogP contribution in [-0.4, -0.2) is 52.9 Å². The van der Waals surface area contributed by atoms with Crippen molar-refractivity contribution < 1.29 is 38.8 Å². The Morgan fingerprint density at radius 2 is 1.83 bits per heavy atom. The molecule has 0 bridgehead atoms. The van der Waals surface area contributed by atoms with Gasteiger partial charge in [0.05, 0.1) is 17.2 Å². The number of halogens is 1. The minimum atomic E-state index is -4.27. The lowest BCUT2D eigenvalue weighted by atomic mass is 9.86. The second-order valence-corrected chi connectivity index (χ2v) is 9.08. The summed E-state index contributed by atoms with van der Waals surface area (Å²) in [5.74, 6) is -0.698. The molecular weight excluding hydrogens is 515 g/mol. The number of aliphatic hydroxyl groups excluding tert-OH is 2. The van der Waals surface area contributed by atoms with Crippen LogP contribution in [0.15, 0.2) is 47.4 Å². The number of aliphatic hydroxyl groups is 3. The molecule has 1 heterocycles.